The number of carbonyl (C=O) groups excluding carboxylic acids is 1. The van der Waals surface area contributed by atoms with Gasteiger partial charge >= 0.3 is 0 Å². The molecule has 0 aliphatic carbocycles. The van der Waals surface area contributed by atoms with Crippen LogP contribution < -0.4 is 0 Å². The molecule has 0 N–H and O–H groups in total. The highest BCUT2D eigenvalue weighted by Gasteiger charge is 2.30. The number of aryl methyl sites for hydroxylation is 3. The van der Waals surface area contributed by atoms with E-state index in [-0.39, 0.29) is 11.8 Å². The highest BCUT2D eigenvalue weighted by atomic mass is 32.1. The zero-order valence-electron chi connectivity index (χ0n) is 15.0. The van der Waals surface area contributed by atoms with E-state index in [0.29, 0.717) is 22.9 Å². The van der Waals surface area contributed by atoms with Gasteiger partial charge in [0.15, 0.2) is 5.76 Å². The zero-order valence-corrected chi connectivity index (χ0v) is 15.9. The Morgan fingerprint density at radius 1 is 1.21 bits per heavy atom. The molecule has 5 nitrogen and oxygen atoms in total. The van der Waals surface area contributed by atoms with Crippen molar-refractivity contribution >= 4 is 17.2 Å². The lowest BCUT2D eigenvalue weighted by atomic mass is 9.96. The van der Waals surface area contributed by atoms with E-state index in [1.807, 2.05) is 25.7 Å². The fourth-order valence-corrected chi connectivity index (χ4v) is 4.29. The molecule has 1 aliphatic rings. The van der Waals surface area contributed by atoms with Gasteiger partial charge in [-0.25, -0.2) is 4.98 Å². The number of aromatic nitrogens is 2. The standard InChI is InChI=1S/C18H25N3O2S/c1-10(2)16-15(12(4)20-23-16)18(22)21-8-6-14(7-9-21)17-19-11(3)13(5)24-17/h10,14H,6-9H2,1-5H3. The van der Waals surface area contributed by atoms with E-state index in [2.05, 4.69) is 19.0 Å². The largest absolute Gasteiger partial charge is 0.360 e. The lowest BCUT2D eigenvalue weighted by Gasteiger charge is -2.31. The van der Waals surface area contributed by atoms with Gasteiger partial charge in [-0.05, 0) is 33.6 Å². The molecule has 6 heteroatoms. The second-order valence-corrected chi connectivity index (χ2v) is 8.16. The third-order valence-electron chi connectivity index (χ3n) is 4.80. The van der Waals surface area contributed by atoms with Crippen LogP contribution in [0.15, 0.2) is 4.52 Å². The van der Waals surface area contributed by atoms with Crippen molar-refractivity contribution in [2.45, 2.75) is 59.3 Å². The summed E-state index contributed by atoms with van der Waals surface area (Å²) in [6.07, 6.45) is 1.94. The molecule has 3 heterocycles. The molecule has 0 unspecified atom stereocenters. The minimum absolute atomic E-state index is 0.0578. The van der Waals surface area contributed by atoms with Crippen molar-refractivity contribution in [1.29, 1.82) is 0 Å². The topological polar surface area (TPSA) is 59.2 Å². The predicted molar refractivity (Wildman–Crippen MR) is 94.8 cm³/mol. The van der Waals surface area contributed by atoms with Gasteiger partial charge in [0.1, 0.15) is 5.56 Å². The van der Waals surface area contributed by atoms with Crippen LogP contribution in [-0.4, -0.2) is 34.0 Å². The van der Waals surface area contributed by atoms with Crippen LogP contribution >= 0.6 is 11.3 Å². The summed E-state index contributed by atoms with van der Waals surface area (Å²) in [4.78, 5) is 20.9. The van der Waals surface area contributed by atoms with Gasteiger partial charge in [-0.1, -0.05) is 19.0 Å². The van der Waals surface area contributed by atoms with E-state index in [1.165, 1.54) is 9.88 Å². The number of nitrogens with zero attached hydrogens (tertiary/aromatic N) is 3. The highest BCUT2D eigenvalue weighted by Crippen LogP contribution is 2.33. The number of hydrogen-bond donors (Lipinski definition) is 0. The second-order valence-electron chi connectivity index (χ2n) is 6.92. The van der Waals surface area contributed by atoms with Gasteiger partial charge in [0.2, 0.25) is 0 Å². The van der Waals surface area contributed by atoms with Gasteiger partial charge in [-0.3, -0.25) is 4.79 Å². The molecule has 1 saturated heterocycles. The smallest absolute Gasteiger partial charge is 0.259 e. The normalized spacial score (nSPS) is 16.2. The average Bonchev–Trinajstić information content (AvgIpc) is 3.10. The van der Waals surface area contributed by atoms with Crippen LogP contribution in [0.4, 0.5) is 0 Å². The molecule has 0 atom stereocenters. The Kier molecular flexibility index (Phi) is 4.76. The number of hydrogen-bond acceptors (Lipinski definition) is 5. The summed E-state index contributed by atoms with van der Waals surface area (Å²) in [6, 6.07) is 0. The number of carbonyl (C=O) groups is 1. The molecule has 130 valence electrons. The summed E-state index contributed by atoms with van der Waals surface area (Å²) in [5.74, 6) is 1.39. The molecule has 1 aliphatic heterocycles. The monoisotopic (exact) mass is 347 g/mol. The van der Waals surface area contributed by atoms with E-state index < -0.39 is 0 Å². The van der Waals surface area contributed by atoms with Crippen LogP contribution in [0.5, 0.6) is 0 Å². The third kappa shape index (κ3) is 3.11. The zero-order chi connectivity index (χ0) is 17.4. The highest BCUT2D eigenvalue weighted by molar-refractivity contribution is 7.11. The molecule has 2 aromatic heterocycles. The van der Waals surface area contributed by atoms with E-state index >= 15 is 0 Å². The quantitative estimate of drug-likeness (QED) is 0.835. The fourth-order valence-electron chi connectivity index (χ4n) is 3.20. The maximum absolute atomic E-state index is 12.9. The molecule has 24 heavy (non-hydrogen) atoms. The summed E-state index contributed by atoms with van der Waals surface area (Å²) >= 11 is 1.80. The van der Waals surface area contributed by atoms with Crippen molar-refractivity contribution in [2.75, 3.05) is 13.1 Å². The number of likely N-dealkylation sites (tertiary alicyclic amines) is 1. The first-order valence-electron chi connectivity index (χ1n) is 8.57. The Morgan fingerprint density at radius 3 is 2.42 bits per heavy atom. The van der Waals surface area contributed by atoms with Gasteiger partial charge in [-0.2, -0.15) is 0 Å². The van der Waals surface area contributed by atoms with Crippen molar-refractivity contribution in [3.05, 3.63) is 32.6 Å². The molecule has 0 bridgehead atoms. The van der Waals surface area contributed by atoms with Crippen molar-refractivity contribution in [3.8, 4) is 0 Å². The minimum Gasteiger partial charge on any atom is -0.360 e. The van der Waals surface area contributed by atoms with E-state index in [4.69, 9.17) is 9.51 Å². The van der Waals surface area contributed by atoms with Crippen LogP contribution in [0.2, 0.25) is 0 Å². The first kappa shape index (κ1) is 17.1. The van der Waals surface area contributed by atoms with Gasteiger partial charge < -0.3 is 9.42 Å². The molecule has 0 radical (unpaired) electrons. The molecule has 1 fully saturated rings. The Balaban J connectivity index is 1.71. The van der Waals surface area contributed by atoms with Crippen LogP contribution in [0, 0.1) is 20.8 Å². The first-order valence-corrected chi connectivity index (χ1v) is 9.39. The minimum atomic E-state index is 0.0578. The molecule has 0 saturated carbocycles. The lowest BCUT2D eigenvalue weighted by molar-refractivity contribution is 0.0709. The SMILES string of the molecule is Cc1nc(C2CCN(C(=O)c3c(C)noc3C(C)C)CC2)sc1C. The Morgan fingerprint density at radius 2 is 1.88 bits per heavy atom. The second kappa shape index (κ2) is 6.67. The van der Waals surface area contributed by atoms with Gasteiger partial charge in [0.05, 0.1) is 16.4 Å². The molecular formula is C18H25N3O2S. The maximum Gasteiger partial charge on any atom is 0.259 e. The molecular weight excluding hydrogens is 322 g/mol. The molecule has 3 rings (SSSR count). The van der Waals surface area contributed by atoms with Gasteiger partial charge in [-0.15, -0.1) is 11.3 Å². The van der Waals surface area contributed by atoms with E-state index in [0.717, 1.165) is 31.6 Å². The Labute approximate surface area is 147 Å². The molecule has 0 spiro atoms. The fraction of sp³-hybridized carbons (Fsp3) is 0.611. The molecule has 1 amide bonds. The summed E-state index contributed by atoms with van der Waals surface area (Å²) < 4.78 is 5.37. The summed E-state index contributed by atoms with van der Waals surface area (Å²) in [5, 5.41) is 5.22. The predicted octanol–water partition coefficient (Wildman–Crippen LogP) is 4.20. The molecule has 0 aromatic carbocycles. The van der Waals surface area contributed by atoms with E-state index in [1.54, 1.807) is 11.3 Å². The average molecular weight is 347 g/mol. The van der Waals surface area contributed by atoms with Crippen molar-refractivity contribution in [1.82, 2.24) is 15.0 Å². The lowest BCUT2D eigenvalue weighted by Crippen LogP contribution is -2.38. The van der Waals surface area contributed by atoms with E-state index in [9.17, 15) is 4.79 Å². The van der Waals surface area contributed by atoms with Gasteiger partial charge in [0, 0.05) is 29.8 Å². The van der Waals surface area contributed by atoms with Crippen LogP contribution in [-0.2, 0) is 0 Å². The summed E-state index contributed by atoms with van der Waals surface area (Å²) in [6.45, 7) is 11.6. The number of piperidine rings is 1. The number of rotatable bonds is 3. The van der Waals surface area contributed by atoms with Crippen LogP contribution in [0.3, 0.4) is 0 Å². The Hall–Kier alpha value is -1.69. The summed E-state index contributed by atoms with van der Waals surface area (Å²) in [5.41, 5.74) is 2.48. The first-order chi connectivity index (χ1) is 11.4. The van der Waals surface area contributed by atoms with Crippen molar-refractivity contribution in [3.63, 3.8) is 0 Å². The van der Waals surface area contributed by atoms with Crippen LogP contribution in [0.1, 0.15) is 75.9 Å². The van der Waals surface area contributed by atoms with Crippen molar-refractivity contribution in [2.24, 2.45) is 0 Å². The maximum atomic E-state index is 12.9. The summed E-state index contributed by atoms with van der Waals surface area (Å²) in [7, 11) is 0. The molecule has 2 aromatic rings. The number of thiazole rings is 1. The Bertz CT molecular complexity index is 720. The van der Waals surface area contributed by atoms with Gasteiger partial charge in [0.25, 0.3) is 5.91 Å². The third-order valence-corrected chi connectivity index (χ3v) is 6.04. The van der Waals surface area contributed by atoms with Crippen LogP contribution in [0.25, 0.3) is 0 Å². The van der Waals surface area contributed by atoms with Crippen molar-refractivity contribution < 1.29 is 9.32 Å². The number of amides is 1.